The number of benzene rings is 4. The average Bonchev–Trinajstić information content (AvgIpc) is 2.76. The summed E-state index contributed by atoms with van der Waals surface area (Å²) in [5.74, 6) is 1.62. The van der Waals surface area contributed by atoms with Gasteiger partial charge in [-0.2, -0.15) is 0 Å². The Morgan fingerprint density at radius 3 is 2.25 bits per heavy atom. The van der Waals surface area contributed by atoms with Crippen LogP contribution >= 0.6 is 0 Å². The third kappa shape index (κ3) is 2.89. The van der Waals surface area contributed by atoms with Crippen molar-refractivity contribution in [1.29, 1.82) is 0 Å². The van der Waals surface area contributed by atoms with E-state index in [1.165, 1.54) is 5.39 Å². The lowest BCUT2D eigenvalue weighted by Crippen LogP contribution is -1.96. The standard InChI is InChI=1S/C26H19NO/c1-18-23-13-7-8-14-24(23)27-25(20-10-3-2-4-11-20)26(18)28-22-16-15-19-9-5-6-12-21(19)17-22/h2-17H,1H3. The molecule has 2 heteroatoms. The second-order valence-corrected chi connectivity index (χ2v) is 6.91. The van der Waals surface area contributed by atoms with Gasteiger partial charge >= 0.3 is 0 Å². The molecule has 0 aliphatic rings. The zero-order valence-corrected chi connectivity index (χ0v) is 15.6. The minimum Gasteiger partial charge on any atom is -0.455 e. The predicted molar refractivity (Wildman–Crippen MR) is 116 cm³/mol. The fourth-order valence-corrected chi connectivity index (χ4v) is 3.62. The molecular formula is C26H19NO. The second kappa shape index (κ2) is 6.82. The molecule has 1 aromatic heterocycles. The van der Waals surface area contributed by atoms with Gasteiger partial charge in [-0.3, -0.25) is 0 Å². The molecule has 0 unspecified atom stereocenters. The molecule has 0 fully saturated rings. The number of fused-ring (bicyclic) bond motifs is 2. The summed E-state index contributed by atoms with van der Waals surface area (Å²) >= 11 is 0. The summed E-state index contributed by atoms with van der Waals surface area (Å²) < 4.78 is 6.45. The van der Waals surface area contributed by atoms with Crippen LogP contribution in [0.5, 0.6) is 11.5 Å². The average molecular weight is 361 g/mol. The van der Waals surface area contributed by atoms with Gasteiger partial charge in [0.2, 0.25) is 0 Å². The third-order valence-corrected chi connectivity index (χ3v) is 5.08. The minimum atomic E-state index is 0.806. The van der Waals surface area contributed by atoms with Crippen LogP contribution in [0.3, 0.4) is 0 Å². The quantitative estimate of drug-likeness (QED) is 0.340. The molecule has 0 bridgehead atoms. The Balaban J connectivity index is 1.71. The van der Waals surface area contributed by atoms with Crippen LogP contribution in [0.25, 0.3) is 32.9 Å². The van der Waals surface area contributed by atoms with Gasteiger partial charge < -0.3 is 4.74 Å². The molecule has 0 spiro atoms. The van der Waals surface area contributed by atoms with Crippen molar-refractivity contribution in [3.8, 4) is 22.8 Å². The van der Waals surface area contributed by atoms with Crippen molar-refractivity contribution in [3.63, 3.8) is 0 Å². The first-order valence-corrected chi connectivity index (χ1v) is 9.41. The Labute approximate surface area is 164 Å². The minimum absolute atomic E-state index is 0.806. The molecule has 134 valence electrons. The van der Waals surface area contributed by atoms with Crippen molar-refractivity contribution in [1.82, 2.24) is 4.98 Å². The van der Waals surface area contributed by atoms with Gasteiger partial charge in [0.15, 0.2) is 5.75 Å². The molecule has 1 heterocycles. The Morgan fingerprint density at radius 1 is 0.679 bits per heavy atom. The summed E-state index contributed by atoms with van der Waals surface area (Å²) in [7, 11) is 0. The van der Waals surface area contributed by atoms with Crippen molar-refractivity contribution in [2.24, 2.45) is 0 Å². The van der Waals surface area contributed by atoms with Gasteiger partial charge in [-0.25, -0.2) is 4.98 Å². The normalized spacial score (nSPS) is 11.0. The van der Waals surface area contributed by atoms with E-state index in [9.17, 15) is 0 Å². The summed E-state index contributed by atoms with van der Waals surface area (Å²) in [6.45, 7) is 2.10. The number of hydrogen-bond donors (Lipinski definition) is 0. The van der Waals surface area contributed by atoms with E-state index in [0.29, 0.717) is 0 Å². The molecule has 0 aliphatic carbocycles. The number of aryl methyl sites for hydroxylation is 1. The van der Waals surface area contributed by atoms with Gasteiger partial charge in [0, 0.05) is 16.5 Å². The molecule has 0 radical (unpaired) electrons. The van der Waals surface area contributed by atoms with Crippen LogP contribution < -0.4 is 4.74 Å². The first kappa shape index (κ1) is 16.5. The second-order valence-electron chi connectivity index (χ2n) is 6.91. The van der Waals surface area contributed by atoms with E-state index < -0.39 is 0 Å². The Kier molecular flexibility index (Phi) is 4.02. The lowest BCUT2D eigenvalue weighted by molar-refractivity contribution is 0.480. The molecule has 28 heavy (non-hydrogen) atoms. The number of nitrogens with zero attached hydrogens (tertiary/aromatic N) is 1. The van der Waals surface area contributed by atoms with E-state index in [2.05, 4.69) is 55.5 Å². The maximum atomic E-state index is 6.45. The van der Waals surface area contributed by atoms with Crippen molar-refractivity contribution in [2.75, 3.05) is 0 Å². The van der Waals surface area contributed by atoms with E-state index >= 15 is 0 Å². The summed E-state index contributed by atoms with van der Waals surface area (Å²) in [5.41, 5.74) is 3.99. The first-order chi connectivity index (χ1) is 13.8. The SMILES string of the molecule is Cc1c(Oc2ccc3ccccc3c2)c(-c2ccccc2)nc2ccccc12. The highest BCUT2D eigenvalue weighted by Crippen LogP contribution is 2.38. The summed E-state index contributed by atoms with van der Waals surface area (Å²) in [5, 5.41) is 3.47. The topological polar surface area (TPSA) is 22.1 Å². The molecule has 2 nitrogen and oxygen atoms in total. The van der Waals surface area contributed by atoms with Crippen LogP contribution in [0.1, 0.15) is 5.56 Å². The summed E-state index contributed by atoms with van der Waals surface area (Å²) in [6.07, 6.45) is 0. The van der Waals surface area contributed by atoms with Gasteiger partial charge in [-0.15, -0.1) is 0 Å². The number of aromatic nitrogens is 1. The smallest absolute Gasteiger partial charge is 0.157 e. The zero-order chi connectivity index (χ0) is 18.9. The number of para-hydroxylation sites is 1. The number of pyridine rings is 1. The van der Waals surface area contributed by atoms with E-state index in [4.69, 9.17) is 9.72 Å². The molecule has 5 aromatic rings. The summed E-state index contributed by atoms with van der Waals surface area (Å²) in [4.78, 5) is 4.94. The van der Waals surface area contributed by atoms with E-state index in [0.717, 1.165) is 44.6 Å². The van der Waals surface area contributed by atoms with Crippen molar-refractivity contribution in [2.45, 2.75) is 6.92 Å². The van der Waals surface area contributed by atoms with Crippen molar-refractivity contribution >= 4 is 21.7 Å². The Hall–Kier alpha value is -3.65. The van der Waals surface area contributed by atoms with Crippen LogP contribution in [0.4, 0.5) is 0 Å². The van der Waals surface area contributed by atoms with Crippen molar-refractivity contribution < 1.29 is 4.74 Å². The van der Waals surface area contributed by atoms with E-state index in [-0.39, 0.29) is 0 Å². The van der Waals surface area contributed by atoms with E-state index in [1.807, 2.05) is 48.5 Å². The predicted octanol–water partition coefficient (Wildman–Crippen LogP) is 7.16. The molecule has 0 saturated heterocycles. The van der Waals surface area contributed by atoms with Gasteiger partial charge in [0.05, 0.1) is 5.52 Å². The molecule has 4 aromatic carbocycles. The zero-order valence-electron chi connectivity index (χ0n) is 15.6. The Bertz CT molecular complexity index is 1290. The molecule has 0 N–H and O–H groups in total. The maximum absolute atomic E-state index is 6.45. The number of ether oxygens (including phenoxy) is 1. The number of hydrogen-bond acceptors (Lipinski definition) is 2. The maximum Gasteiger partial charge on any atom is 0.157 e. The highest BCUT2D eigenvalue weighted by atomic mass is 16.5. The van der Waals surface area contributed by atoms with Gasteiger partial charge in [-0.1, -0.05) is 78.9 Å². The van der Waals surface area contributed by atoms with Gasteiger partial charge in [0.25, 0.3) is 0 Å². The van der Waals surface area contributed by atoms with Crippen LogP contribution in [-0.4, -0.2) is 4.98 Å². The fourth-order valence-electron chi connectivity index (χ4n) is 3.62. The monoisotopic (exact) mass is 361 g/mol. The molecule has 0 atom stereocenters. The van der Waals surface area contributed by atoms with Crippen LogP contribution in [0.2, 0.25) is 0 Å². The number of rotatable bonds is 3. The molecule has 0 saturated carbocycles. The molecular weight excluding hydrogens is 342 g/mol. The molecule has 0 aliphatic heterocycles. The van der Waals surface area contributed by atoms with Crippen LogP contribution in [0.15, 0.2) is 97.1 Å². The Morgan fingerprint density at radius 2 is 1.39 bits per heavy atom. The highest BCUT2D eigenvalue weighted by molar-refractivity contribution is 5.89. The lowest BCUT2D eigenvalue weighted by Gasteiger charge is -2.16. The highest BCUT2D eigenvalue weighted by Gasteiger charge is 2.16. The van der Waals surface area contributed by atoms with Gasteiger partial charge in [0.1, 0.15) is 11.4 Å². The summed E-state index contributed by atoms with van der Waals surface area (Å²) in [6, 6.07) is 32.9. The van der Waals surface area contributed by atoms with Gasteiger partial charge in [-0.05, 0) is 35.9 Å². The largest absolute Gasteiger partial charge is 0.455 e. The third-order valence-electron chi connectivity index (χ3n) is 5.08. The molecule has 5 rings (SSSR count). The van der Waals surface area contributed by atoms with Crippen molar-refractivity contribution in [3.05, 3.63) is 103 Å². The lowest BCUT2D eigenvalue weighted by atomic mass is 10.0. The molecule has 0 amide bonds. The van der Waals surface area contributed by atoms with Crippen LogP contribution in [-0.2, 0) is 0 Å². The van der Waals surface area contributed by atoms with E-state index in [1.54, 1.807) is 0 Å². The first-order valence-electron chi connectivity index (χ1n) is 9.41. The fraction of sp³-hybridized carbons (Fsp3) is 0.0385. The van der Waals surface area contributed by atoms with Crippen LogP contribution in [0, 0.1) is 6.92 Å².